The Kier molecular flexibility index (Phi) is 4.42. The predicted molar refractivity (Wildman–Crippen MR) is 85.5 cm³/mol. The second-order valence-electron chi connectivity index (χ2n) is 6.01. The van der Waals surface area contributed by atoms with Gasteiger partial charge in [-0.2, -0.15) is 0 Å². The Morgan fingerprint density at radius 3 is 2.71 bits per heavy atom. The third-order valence-corrected chi connectivity index (χ3v) is 4.11. The molecule has 1 aromatic heterocycles. The molecule has 7 nitrogen and oxygen atoms in total. The summed E-state index contributed by atoms with van der Waals surface area (Å²) < 4.78 is 25.8. The van der Waals surface area contributed by atoms with E-state index in [2.05, 4.69) is 10.5 Å². The fourth-order valence-corrected chi connectivity index (χ4v) is 3.19. The molecule has 1 saturated heterocycles. The van der Waals surface area contributed by atoms with Crippen LogP contribution in [0, 0.1) is 5.82 Å². The van der Waals surface area contributed by atoms with Crippen LogP contribution < -0.4 is 10.2 Å². The number of amides is 1. The van der Waals surface area contributed by atoms with Gasteiger partial charge in [-0.25, -0.2) is 4.39 Å². The maximum absolute atomic E-state index is 15.1. The summed E-state index contributed by atoms with van der Waals surface area (Å²) in [5, 5.41) is 16.1. The van der Waals surface area contributed by atoms with Crippen molar-refractivity contribution in [3.8, 4) is 0 Å². The van der Waals surface area contributed by atoms with Crippen LogP contribution in [-0.2, 0) is 11.3 Å². The molecule has 1 aliphatic heterocycles. The number of benzene rings is 1. The highest BCUT2D eigenvalue weighted by atomic mass is 19.1. The topological polar surface area (TPSA) is 87.8 Å². The van der Waals surface area contributed by atoms with Gasteiger partial charge in [0.05, 0.1) is 29.9 Å². The molecule has 2 atom stereocenters. The SMILES string of the molecule is CNC(=O)c1noc2c(F)c(N3C[C@@H](C)O[C@@H](C)C3)c(CO)cc12. The molecule has 0 unspecified atom stereocenters. The number of rotatable bonds is 3. The number of anilines is 1. The van der Waals surface area contributed by atoms with E-state index in [9.17, 15) is 9.90 Å². The van der Waals surface area contributed by atoms with Gasteiger partial charge in [0.2, 0.25) is 5.58 Å². The van der Waals surface area contributed by atoms with E-state index in [1.807, 2.05) is 18.7 Å². The largest absolute Gasteiger partial charge is 0.392 e. The van der Waals surface area contributed by atoms with Crippen molar-refractivity contribution in [3.63, 3.8) is 0 Å². The zero-order valence-corrected chi connectivity index (χ0v) is 13.8. The molecule has 8 heteroatoms. The summed E-state index contributed by atoms with van der Waals surface area (Å²) >= 11 is 0. The summed E-state index contributed by atoms with van der Waals surface area (Å²) in [6.07, 6.45) is -0.127. The zero-order valence-electron chi connectivity index (χ0n) is 13.8. The van der Waals surface area contributed by atoms with E-state index in [0.29, 0.717) is 18.7 Å². The van der Waals surface area contributed by atoms with Gasteiger partial charge in [-0.15, -0.1) is 0 Å². The van der Waals surface area contributed by atoms with Crippen LogP contribution in [0.3, 0.4) is 0 Å². The van der Waals surface area contributed by atoms with Gasteiger partial charge in [-0.3, -0.25) is 4.79 Å². The first-order valence-corrected chi connectivity index (χ1v) is 7.80. The zero-order chi connectivity index (χ0) is 17.4. The third kappa shape index (κ3) is 2.71. The van der Waals surface area contributed by atoms with E-state index >= 15 is 4.39 Å². The molecule has 1 aromatic carbocycles. The monoisotopic (exact) mass is 337 g/mol. The first kappa shape index (κ1) is 16.7. The van der Waals surface area contributed by atoms with E-state index in [0.717, 1.165) is 0 Å². The van der Waals surface area contributed by atoms with Crippen LogP contribution in [0.15, 0.2) is 10.6 Å². The van der Waals surface area contributed by atoms with Gasteiger partial charge in [-0.1, -0.05) is 5.16 Å². The lowest BCUT2D eigenvalue weighted by Crippen LogP contribution is -2.46. The van der Waals surface area contributed by atoms with Crippen molar-refractivity contribution in [2.24, 2.45) is 0 Å². The molecule has 24 heavy (non-hydrogen) atoms. The normalized spacial score (nSPS) is 21.3. The van der Waals surface area contributed by atoms with Crippen molar-refractivity contribution in [3.05, 3.63) is 23.1 Å². The first-order chi connectivity index (χ1) is 11.5. The summed E-state index contributed by atoms with van der Waals surface area (Å²) in [5.74, 6) is -1.10. The number of aliphatic hydroxyl groups excluding tert-OH is 1. The minimum absolute atomic E-state index is 0.00337. The Bertz CT molecular complexity index is 766. The van der Waals surface area contributed by atoms with Crippen molar-refractivity contribution in [1.82, 2.24) is 10.5 Å². The summed E-state index contributed by atoms with van der Waals surface area (Å²) in [5.41, 5.74) is 0.560. The van der Waals surface area contributed by atoms with E-state index in [1.54, 1.807) is 6.07 Å². The number of ether oxygens (including phenoxy) is 1. The number of carbonyl (C=O) groups is 1. The highest BCUT2D eigenvalue weighted by Gasteiger charge is 2.29. The van der Waals surface area contributed by atoms with E-state index in [4.69, 9.17) is 9.26 Å². The van der Waals surface area contributed by atoms with Crippen molar-refractivity contribution in [1.29, 1.82) is 0 Å². The van der Waals surface area contributed by atoms with Crippen molar-refractivity contribution in [2.45, 2.75) is 32.7 Å². The highest BCUT2D eigenvalue weighted by molar-refractivity contribution is 6.05. The van der Waals surface area contributed by atoms with Crippen molar-refractivity contribution >= 4 is 22.6 Å². The van der Waals surface area contributed by atoms with Crippen molar-refractivity contribution < 1.29 is 23.6 Å². The van der Waals surface area contributed by atoms with Crippen LogP contribution in [-0.4, -0.2) is 48.5 Å². The Morgan fingerprint density at radius 1 is 1.46 bits per heavy atom. The quantitative estimate of drug-likeness (QED) is 0.881. The van der Waals surface area contributed by atoms with Crippen LogP contribution in [0.4, 0.5) is 10.1 Å². The number of hydrogen-bond donors (Lipinski definition) is 2. The summed E-state index contributed by atoms with van der Waals surface area (Å²) in [7, 11) is 1.46. The third-order valence-electron chi connectivity index (χ3n) is 4.11. The second-order valence-corrected chi connectivity index (χ2v) is 6.01. The van der Waals surface area contributed by atoms with Gasteiger partial charge in [-0.05, 0) is 19.9 Å². The molecule has 3 rings (SSSR count). The number of aromatic nitrogens is 1. The Labute approximate surface area is 138 Å². The molecule has 0 aliphatic carbocycles. The number of carbonyl (C=O) groups excluding carboxylic acids is 1. The lowest BCUT2D eigenvalue weighted by atomic mass is 10.1. The lowest BCUT2D eigenvalue weighted by Gasteiger charge is -2.37. The number of aliphatic hydroxyl groups is 1. The standard InChI is InChI=1S/C16H20FN3O4/c1-8-5-20(6-9(2)23-8)14-10(7-21)4-11-13(16(22)18-3)19-24-15(11)12(14)17/h4,8-9,21H,5-7H2,1-3H3,(H,18,22)/t8-,9+. The number of morpholine rings is 1. The number of nitrogens with zero attached hydrogens (tertiary/aromatic N) is 2. The van der Waals surface area contributed by atoms with Gasteiger partial charge in [0.25, 0.3) is 5.91 Å². The minimum Gasteiger partial charge on any atom is -0.392 e. The fourth-order valence-electron chi connectivity index (χ4n) is 3.19. The Balaban J connectivity index is 2.15. The molecule has 1 amide bonds. The van der Waals surface area contributed by atoms with Crippen LogP contribution in [0.2, 0.25) is 0 Å². The second kappa shape index (κ2) is 6.37. The number of nitrogens with one attached hydrogen (secondary N) is 1. The molecule has 2 N–H and O–H groups in total. The molecule has 1 fully saturated rings. The highest BCUT2D eigenvalue weighted by Crippen LogP contribution is 2.35. The Hall–Kier alpha value is -2.19. The fraction of sp³-hybridized carbons (Fsp3) is 0.500. The number of fused-ring (bicyclic) bond motifs is 1. The molecule has 0 radical (unpaired) electrons. The van der Waals surface area contributed by atoms with Gasteiger partial charge in [0, 0.05) is 25.7 Å². The van der Waals surface area contributed by atoms with Gasteiger partial charge in [0.15, 0.2) is 11.5 Å². The van der Waals surface area contributed by atoms with Gasteiger partial charge < -0.3 is 24.6 Å². The summed E-state index contributed by atoms with van der Waals surface area (Å²) in [6, 6.07) is 1.56. The molecule has 130 valence electrons. The molecular formula is C16H20FN3O4. The van der Waals surface area contributed by atoms with Crippen molar-refractivity contribution in [2.75, 3.05) is 25.0 Å². The maximum atomic E-state index is 15.1. The molecule has 0 saturated carbocycles. The molecule has 0 spiro atoms. The minimum atomic E-state index is -0.625. The number of hydrogen-bond acceptors (Lipinski definition) is 6. The average molecular weight is 337 g/mol. The average Bonchev–Trinajstić information content (AvgIpc) is 2.97. The Morgan fingerprint density at radius 2 is 2.12 bits per heavy atom. The van der Waals surface area contributed by atoms with E-state index < -0.39 is 11.7 Å². The summed E-state index contributed by atoms with van der Waals surface area (Å²) in [4.78, 5) is 13.7. The number of halogens is 1. The summed E-state index contributed by atoms with van der Waals surface area (Å²) in [6.45, 7) is 4.46. The van der Waals surface area contributed by atoms with E-state index in [-0.39, 0.29) is 41.2 Å². The smallest absolute Gasteiger partial charge is 0.273 e. The van der Waals surface area contributed by atoms with Crippen LogP contribution in [0.5, 0.6) is 0 Å². The molecule has 1 aliphatic rings. The molecule has 2 aromatic rings. The first-order valence-electron chi connectivity index (χ1n) is 7.80. The molecule has 2 heterocycles. The lowest BCUT2D eigenvalue weighted by molar-refractivity contribution is -0.00550. The molecule has 0 bridgehead atoms. The molecular weight excluding hydrogens is 317 g/mol. The maximum Gasteiger partial charge on any atom is 0.273 e. The van der Waals surface area contributed by atoms with Gasteiger partial charge in [0.1, 0.15) is 0 Å². The van der Waals surface area contributed by atoms with Gasteiger partial charge >= 0.3 is 0 Å². The van der Waals surface area contributed by atoms with Crippen LogP contribution in [0.1, 0.15) is 29.9 Å². The van der Waals surface area contributed by atoms with Crippen LogP contribution in [0.25, 0.3) is 11.0 Å². The van der Waals surface area contributed by atoms with Crippen LogP contribution >= 0.6 is 0 Å². The van der Waals surface area contributed by atoms with E-state index in [1.165, 1.54) is 7.05 Å². The predicted octanol–water partition coefficient (Wildman–Crippen LogP) is 1.43.